The largest absolute Gasteiger partial charge is 1.00 e. The molecule has 186 valence electrons. The molecule has 0 aliphatic heterocycles. The summed E-state index contributed by atoms with van der Waals surface area (Å²) >= 11 is 3.04. The predicted molar refractivity (Wildman–Crippen MR) is 153 cm³/mol. The number of benzene rings is 4. The van der Waals surface area contributed by atoms with Crippen molar-refractivity contribution in [2.75, 3.05) is 0 Å². The van der Waals surface area contributed by atoms with E-state index in [9.17, 15) is 0 Å². The van der Waals surface area contributed by atoms with Crippen LogP contribution in [0.5, 0.6) is 0 Å². The van der Waals surface area contributed by atoms with E-state index in [0.717, 1.165) is 17.3 Å². The van der Waals surface area contributed by atoms with E-state index < -0.39 is 28.3 Å². The maximum Gasteiger partial charge on any atom is -1.00 e. The molecule has 0 aromatic heterocycles. The molecule has 0 fully saturated rings. The fourth-order valence-electron chi connectivity index (χ4n) is 5.99. The Morgan fingerprint density at radius 3 is 2.30 bits per heavy atom. The van der Waals surface area contributed by atoms with Crippen LogP contribution < -0.4 is 28.1 Å². The minimum absolute atomic E-state index is 0. The molecule has 6 rings (SSSR count). The Hall–Kier alpha value is -1.22. The molecular formula is C32H29BrCl2SiZr. The Balaban J connectivity index is 0.00000160. The smallest absolute Gasteiger partial charge is 1.00 e. The molecule has 1 atom stereocenters. The SMILES string of the molecule is CCC1=Cc2c(-c3ccc(Br)cc3)cccc2C1c1[c]([Zr+2][SiH](C)C)ccc2c1Cc1ccccc1-2.[Cl-].[Cl-]. The minimum atomic E-state index is -0.603. The second-order valence-corrected chi connectivity index (χ2v) is 25.5. The zero-order chi connectivity index (χ0) is 24.1. The summed E-state index contributed by atoms with van der Waals surface area (Å²) < 4.78 is 2.89. The molecule has 4 aromatic carbocycles. The molecule has 5 heteroatoms. The average molecular weight is 684 g/mol. The van der Waals surface area contributed by atoms with Crippen LogP contribution in [-0.2, 0) is 28.8 Å². The van der Waals surface area contributed by atoms with Gasteiger partial charge in [-0.05, 0) is 0 Å². The molecule has 4 aromatic rings. The Labute approximate surface area is 254 Å². The zero-order valence-corrected chi connectivity index (χ0v) is 28.0. The van der Waals surface area contributed by atoms with E-state index in [1.807, 2.05) is 0 Å². The van der Waals surface area contributed by atoms with Crippen molar-refractivity contribution in [2.24, 2.45) is 0 Å². The fourth-order valence-corrected chi connectivity index (χ4v) is 14.5. The first-order valence-electron chi connectivity index (χ1n) is 12.6. The quantitative estimate of drug-likeness (QED) is 0.250. The third-order valence-corrected chi connectivity index (χ3v) is 16.5. The number of halogens is 3. The second kappa shape index (κ2) is 11.9. The van der Waals surface area contributed by atoms with E-state index in [1.54, 1.807) is 20.0 Å². The Bertz CT molecular complexity index is 1480. The molecule has 0 heterocycles. The van der Waals surface area contributed by atoms with Gasteiger partial charge in [0, 0.05) is 0 Å². The molecule has 0 saturated carbocycles. The van der Waals surface area contributed by atoms with E-state index in [-0.39, 0.29) is 24.8 Å². The number of rotatable bonds is 5. The van der Waals surface area contributed by atoms with Gasteiger partial charge in [0.2, 0.25) is 0 Å². The molecular weight excluding hydrogens is 654 g/mol. The van der Waals surface area contributed by atoms with Crippen LogP contribution in [0.3, 0.4) is 0 Å². The van der Waals surface area contributed by atoms with E-state index in [4.69, 9.17) is 0 Å². The number of hydrogen-bond donors (Lipinski definition) is 0. The summed E-state index contributed by atoms with van der Waals surface area (Å²) in [7, 11) is 0. The molecule has 1 unspecified atom stereocenters. The van der Waals surface area contributed by atoms with Crippen molar-refractivity contribution >= 4 is 31.2 Å². The van der Waals surface area contributed by atoms with Gasteiger partial charge in [0.15, 0.2) is 0 Å². The predicted octanol–water partition coefficient (Wildman–Crippen LogP) is 2.33. The normalized spacial score (nSPS) is 14.6. The zero-order valence-electron chi connectivity index (χ0n) is 21.3. The van der Waals surface area contributed by atoms with Crippen LogP contribution in [-0.4, -0.2) is 5.92 Å². The molecule has 0 saturated heterocycles. The Morgan fingerprint density at radius 2 is 1.57 bits per heavy atom. The summed E-state index contributed by atoms with van der Waals surface area (Å²) in [5, 5.41) is 0. The third-order valence-electron chi connectivity index (χ3n) is 7.48. The summed E-state index contributed by atoms with van der Waals surface area (Å²) in [4.78, 5) is 0. The number of allylic oxidation sites excluding steroid dienone is 1. The Kier molecular flexibility index (Phi) is 9.25. The molecule has 37 heavy (non-hydrogen) atoms. The van der Waals surface area contributed by atoms with Gasteiger partial charge in [0.1, 0.15) is 0 Å². The Morgan fingerprint density at radius 1 is 0.838 bits per heavy atom. The molecule has 0 radical (unpaired) electrons. The van der Waals surface area contributed by atoms with Crippen molar-refractivity contribution in [3.63, 3.8) is 0 Å². The van der Waals surface area contributed by atoms with Crippen LogP contribution in [0, 0.1) is 0 Å². The first-order valence-corrected chi connectivity index (χ1v) is 21.8. The van der Waals surface area contributed by atoms with Crippen LogP contribution in [0.15, 0.2) is 88.9 Å². The molecule has 0 N–H and O–H groups in total. The van der Waals surface area contributed by atoms with Crippen LogP contribution >= 0.6 is 15.9 Å². The van der Waals surface area contributed by atoms with Crippen molar-refractivity contribution in [2.45, 2.75) is 38.8 Å². The molecule has 0 spiro atoms. The molecule has 0 amide bonds. The fraction of sp³-hybridized carbons (Fsp3) is 0.188. The average Bonchev–Trinajstić information content (AvgIpc) is 3.42. The van der Waals surface area contributed by atoms with E-state index in [2.05, 4.69) is 121 Å². The summed E-state index contributed by atoms with van der Waals surface area (Å²) in [5.41, 5.74) is 14.9. The monoisotopic (exact) mass is 680 g/mol. The van der Waals surface area contributed by atoms with Crippen LogP contribution in [0.4, 0.5) is 0 Å². The van der Waals surface area contributed by atoms with E-state index >= 15 is 0 Å². The maximum atomic E-state index is 3.61. The van der Waals surface area contributed by atoms with Gasteiger partial charge in [0.25, 0.3) is 0 Å². The van der Waals surface area contributed by atoms with Crippen molar-refractivity contribution in [1.82, 2.24) is 0 Å². The summed E-state index contributed by atoms with van der Waals surface area (Å²) in [6.45, 7) is 7.46. The molecule has 2 aliphatic carbocycles. The van der Waals surface area contributed by atoms with Gasteiger partial charge >= 0.3 is 231 Å². The van der Waals surface area contributed by atoms with Crippen molar-refractivity contribution in [3.8, 4) is 22.3 Å². The van der Waals surface area contributed by atoms with E-state index in [1.165, 1.54) is 38.9 Å². The van der Waals surface area contributed by atoms with Crippen molar-refractivity contribution in [3.05, 3.63) is 117 Å². The van der Waals surface area contributed by atoms with Gasteiger partial charge in [-0.3, -0.25) is 0 Å². The number of hydrogen-bond acceptors (Lipinski definition) is 0. The minimum Gasteiger partial charge on any atom is -1.00 e. The third kappa shape index (κ3) is 5.20. The summed E-state index contributed by atoms with van der Waals surface area (Å²) in [6.07, 6.45) is 4.71. The summed E-state index contributed by atoms with van der Waals surface area (Å²) in [5.74, 6) is -0.202. The van der Waals surface area contributed by atoms with Gasteiger partial charge < -0.3 is 24.8 Å². The van der Waals surface area contributed by atoms with Gasteiger partial charge in [0.05, 0.1) is 0 Å². The van der Waals surface area contributed by atoms with Gasteiger partial charge in [-0.1, -0.05) is 0 Å². The van der Waals surface area contributed by atoms with Crippen LogP contribution in [0.1, 0.15) is 47.1 Å². The van der Waals surface area contributed by atoms with Gasteiger partial charge in [-0.2, -0.15) is 0 Å². The van der Waals surface area contributed by atoms with Crippen LogP contribution in [0.2, 0.25) is 13.1 Å². The first-order chi connectivity index (χ1) is 17.0. The second-order valence-electron chi connectivity index (χ2n) is 10.0. The van der Waals surface area contributed by atoms with E-state index in [0.29, 0.717) is 5.92 Å². The molecule has 0 bridgehead atoms. The van der Waals surface area contributed by atoms with Crippen molar-refractivity contribution in [1.29, 1.82) is 0 Å². The van der Waals surface area contributed by atoms with Gasteiger partial charge in [-0.25, -0.2) is 0 Å². The van der Waals surface area contributed by atoms with Gasteiger partial charge in [-0.15, -0.1) is 0 Å². The molecule has 0 nitrogen and oxygen atoms in total. The van der Waals surface area contributed by atoms with Crippen LogP contribution in [0.25, 0.3) is 28.3 Å². The standard InChI is InChI=1S/C30H22Br.C2H7Si.2ClH.Zr/c1-2-19-17-28-23(20-13-15-22(31)16-14-20)9-5-11-26(28)30(19)27-12-6-10-25-24-8-4-3-7-21(24)18-29(25)27;1-3-2;;;/h3-11,13-17,30H,2,18H2,1H3;3H,1-2H3;2*1H;/q;;;;+2/p-2. The maximum absolute atomic E-state index is 3.61. The summed E-state index contributed by atoms with van der Waals surface area (Å²) in [6, 6.07) is 29.9. The topological polar surface area (TPSA) is 0 Å². The first kappa shape index (κ1) is 28.8. The number of fused-ring (bicyclic) bond motifs is 4. The molecule has 2 aliphatic rings. The van der Waals surface area contributed by atoms with Crippen molar-refractivity contribution < 1.29 is 47.2 Å².